The maximum atomic E-state index is 6.55. The van der Waals surface area contributed by atoms with E-state index in [1.807, 2.05) is 24.3 Å². The Balaban J connectivity index is 0.984. The van der Waals surface area contributed by atoms with Gasteiger partial charge in [-0.25, -0.2) is 0 Å². The molecule has 0 bridgehead atoms. The Labute approximate surface area is 336 Å². The number of benzene rings is 10. The van der Waals surface area contributed by atoms with Crippen molar-refractivity contribution in [2.24, 2.45) is 0 Å². The highest BCUT2D eigenvalue weighted by molar-refractivity contribution is 6.06. The number of para-hydroxylation sites is 4. The summed E-state index contributed by atoms with van der Waals surface area (Å²) in [5.41, 5.74) is 10.8. The first-order chi connectivity index (χ1) is 28.7. The third kappa shape index (κ3) is 5.16. The molecule has 0 unspecified atom stereocenters. The number of anilines is 6. The van der Waals surface area contributed by atoms with E-state index in [1.54, 1.807) is 0 Å². The van der Waals surface area contributed by atoms with Crippen molar-refractivity contribution in [3.8, 4) is 45.3 Å². The van der Waals surface area contributed by atoms with Gasteiger partial charge in [-0.2, -0.15) is 0 Å². The fourth-order valence-corrected chi connectivity index (χ4v) is 8.84. The number of hydrogen-bond acceptors (Lipinski definition) is 4. The van der Waals surface area contributed by atoms with Gasteiger partial charge in [-0.15, -0.1) is 0 Å². The molecule has 0 aromatic heterocycles. The molecule has 2 aliphatic heterocycles. The molecule has 0 saturated heterocycles. The number of rotatable bonds is 4. The summed E-state index contributed by atoms with van der Waals surface area (Å²) in [5.74, 6) is 3.32. The topological polar surface area (TPSA) is 24.9 Å². The van der Waals surface area contributed by atoms with Gasteiger partial charge in [0.05, 0.1) is 22.7 Å². The van der Waals surface area contributed by atoms with E-state index in [4.69, 9.17) is 9.47 Å². The van der Waals surface area contributed by atoms with Crippen molar-refractivity contribution in [3.63, 3.8) is 0 Å². The fraction of sp³-hybridized carbons (Fsp3) is 0. The van der Waals surface area contributed by atoms with Crippen LogP contribution in [0.1, 0.15) is 0 Å². The van der Waals surface area contributed by atoms with E-state index < -0.39 is 0 Å². The Morgan fingerprint density at radius 2 is 0.672 bits per heavy atom. The molecule has 0 spiro atoms. The van der Waals surface area contributed by atoms with Crippen LogP contribution in [0, 0.1) is 0 Å². The number of ether oxygens (including phenoxy) is 2. The van der Waals surface area contributed by atoms with Crippen molar-refractivity contribution in [2.45, 2.75) is 0 Å². The second-order valence-corrected chi connectivity index (χ2v) is 14.9. The molecule has 4 heteroatoms. The molecule has 0 atom stereocenters. The van der Waals surface area contributed by atoms with Crippen LogP contribution in [0.15, 0.2) is 206 Å². The Bertz CT molecular complexity index is 3060. The molecule has 272 valence electrons. The molecule has 0 aliphatic carbocycles. The van der Waals surface area contributed by atoms with E-state index >= 15 is 0 Å². The lowest BCUT2D eigenvalue weighted by molar-refractivity contribution is 0.477. The minimum Gasteiger partial charge on any atom is -0.453 e. The molecular weight excluding hydrogens is 709 g/mol. The zero-order valence-electron chi connectivity index (χ0n) is 31.3. The van der Waals surface area contributed by atoms with Crippen LogP contribution >= 0.6 is 0 Å². The molecule has 10 aromatic carbocycles. The van der Waals surface area contributed by atoms with Crippen LogP contribution in [0.3, 0.4) is 0 Å². The van der Waals surface area contributed by atoms with Gasteiger partial charge in [-0.3, -0.25) is 0 Å². The summed E-state index contributed by atoms with van der Waals surface area (Å²) in [7, 11) is 0. The van der Waals surface area contributed by atoms with Gasteiger partial charge in [-0.05, 0) is 127 Å². The van der Waals surface area contributed by atoms with Crippen LogP contribution in [-0.4, -0.2) is 0 Å². The molecule has 0 saturated carbocycles. The molecule has 0 radical (unpaired) electrons. The van der Waals surface area contributed by atoms with Crippen LogP contribution in [0.25, 0.3) is 54.6 Å². The van der Waals surface area contributed by atoms with Crippen molar-refractivity contribution < 1.29 is 9.47 Å². The third-order valence-corrected chi connectivity index (χ3v) is 11.6. The zero-order chi connectivity index (χ0) is 38.2. The van der Waals surface area contributed by atoms with Crippen LogP contribution < -0.4 is 19.3 Å². The molecular formula is C54H34N2O2. The van der Waals surface area contributed by atoms with E-state index in [0.29, 0.717) is 0 Å². The van der Waals surface area contributed by atoms with Crippen LogP contribution in [0.2, 0.25) is 0 Å². The summed E-state index contributed by atoms with van der Waals surface area (Å²) in [4.78, 5) is 4.66. The van der Waals surface area contributed by atoms with Gasteiger partial charge in [0, 0.05) is 11.4 Å². The summed E-state index contributed by atoms with van der Waals surface area (Å²) in [6, 6.07) is 73.3. The molecule has 2 aliphatic rings. The smallest absolute Gasteiger partial charge is 0.151 e. The van der Waals surface area contributed by atoms with Crippen molar-refractivity contribution in [1.29, 1.82) is 0 Å². The number of nitrogens with zero attached hydrogens (tertiary/aromatic N) is 2. The van der Waals surface area contributed by atoms with Crippen molar-refractivity contribution in [3.05, 3.63) is 206 Å². The summed E-state index contributed by atoms with van der Waals surface area (Å²) < 4.78 is 13.1. The summed E-state index contributed by atoms with van der Waals surface area (Å²) in [6.07, 6.45) is 0. The first-order valence-corrected chi connectivity index (χ1v) is 19.7. The zero-order valence-corrected chi connectivity index (χ0v) is 31.3. The molecule has 12 rings (SSSR count). The predicted octanol–water partition coefficient (Wildman–Crippen LogP) is 15.6. The van der Waals surface area contributed by atoms with Gasteiger partial charge in [-0.1, -0.05) is 133 Å². The first-order valence-electron chi connectivity index (χ1n) is 19.7. The Morgan fingerprint density at radius 1 is 0.276 bits per heavy atom. The second-order valence-electron chi connectivity index (χ2n) is 14.9. The lowest BCUT2D eigenvalue weighted by atomic mass is 9.91. The maximum absolute atomic E-state index is 6.55. The first kappa shape index (κ1) is 32.4. The monoisotopic (exact) mass is 742 g/mol. The summed E-state index contributed by atoms with van der Waals surface area (Å²) in [6.45, 7) is 0. The largest absolute Gasteiger partial charge is 0.453 e. The quantitative estimate of drug-likeness (QED) is 0.179. The molecule has 0 N–H and O–H groups in total. The minimum absolute atomic E-state index is 0.824. The molecule has 0 amide bonds. The Hall–Kier alpha value is -7.82. The van der Waals surface area contributed by atoms with Crippen LogP contribution in [0.4, 0.5) is 34.1 Å². The highest BCUT2D eigenvalue weighted by atomic mass is 16.5. The number of fused-ring (bicyclic) bond motifs is 7. The van der Waals surface area contributed by atoms with E-state index in [2.05, 4.69) is 192 Å². The van der Waals surface area contributed by atoms with Gasteiger partial charge in [0.15, 0.2) is 23.0 Å². The summed E-state index contributed by atoms with van der Waals surface area (Å²) >= 11 is 0. The molecule has 58 heavy (non-hydrogen) atoms. The molecule has 0 fully saturated rings. The average Bonchev–Trinajstić information content (AvgIpc) is 3.29. The lowest BCUT2D eigenvalue weighted by Gasteiger charge is -2.33. The van der Waals surface area contributed by atoms with Crippen molar-refractivity contribution in [2.75, 3.05) is 9.80 Å². The van der Waals surface area contributed by atoms with Crippen molar-refractivity contribution in [1.82, 2.24) is 0 Å². The molecule has 2 heterocycles. The molecule has 10 aromatic rings. The van der Waals surface area contributed by atoms with E-state index in [1.165, 1.54) is 32.3 Å². The third-order valence-electron chi connectivity index (χ3n) is 11.6. The average molecular weight is 743 g/mol. The standard InChI is InChI=1S/C54H34N2O2/c1-3-13-37-31-41(25-21-35(37)11-1)55-47-17-7-9-19-51(47)57-53-29-23-39(33-49(53)55)43-27-28-44(46-16-6-5-15-45(43)46)40-24-30-54-50(34-40)56(48-18-8-10-20-52(48)58-54)42-26-22-36-12-2-4-14-38(36)32-42/h1-34H. The lowest BCUT2D eigenvalue weighted by Crippen LogP contribution is -2.16. The SMILES string of the molecule is c1ccc2c(c1)Oc1ccc(-c3ccc(-c4ccc5c(c4)N(c4ccc6ccccc6c4)c4ccccc4O5)c4ccccc34)cc1N2c1ccc2ccccc2c1. The highest BCUT2D eigenvalue weighted by Crippen LogP contribution is 2.54. The van der Waals surface area contributed by atoms with Crippen LogP contribution in [0.5, 0.6) is 23.0 Å². The summed E-state index contributed by atoms with van der Waals surface area (Å²) in [5, 5.41) is 7.18. The predicted molar refractivity (Wildman–Crippen MR) is 239 cm³/mol. The minimum atomic E-state index is 0.824. The maximum Gasteiger partial charge on any atom is 0.151 e. The normalized spacial score (nSPS) is 12.7. The van der Waals surface area contributed by atoms with E-state index in [-0.39, 0.29) is 0 Å². The van der Waals surface area contributed by atoms with Crippen molar-refractivity contribution >= 4 is 66.4 Å². The van der Waals surface area contributed by atoms with Gasteiger partial charge < -0.3 is 19.3 Å². The van der Waals surface area contributed by atoms with Gasteiger partial charge in [0.25, 0.3) is 0 Å². The number of hydrogen-bond donors (Lipinski definition) is 0. The highest BCUT2D eigenvalue weighted by Gasteiger charge is 2.28. The van der Waals surface area contributed by atoms with Crippen LogP contribution in [-0.2, 0) is 0 Å². The molecule has 4 nitrogen and oxygen atoms in total. The van der Waals surface area contributed by atoms with Gasteiger partial charge in [0.1, 0.15) is 0 Å². The van der Waals surface area contributed by atoms with E-state index in [9.17, 15) is 0 Å². The van der Waals surface area contributed by atoms with Gasteiger partial charge >= 0.3 is 0 Å². The Morgan fingerprint density at radius 3 is 1.16 bits per heavy atom. The Kier molecular flexibility index (Phi) is 7.20. The second kappa shape index (κ2) is 12.9. The van der Waals surface area contributed by atoms with E-state index in [0.717, 1.165) is 79.4 Å². The van der Waals surface area contributed by atoms with Gasteiger partial charge in [0.2, 0.25) is 0 Å². The fourth-order valence-electron chi connectivity index (χ4n) is 8.84.